The third kappa shape index (κ3) is 4.09. The van der Waals surface area contributed by atoms with Crippen LogP contribution in [0.15, 0.2) is 48.5 Å². The summed E-state index contributed by atoms with van der Waals surface area (Å²) >= 11 is 0. The van der Waals surface area contributed by atoms with Crippen molar-refractivity contribution in [1.29, 1.82) is 0 Å². The number of benzene rings is 2. The highest BCUT2D eigenvalue weighted by atomic mass is 16.6. The molecular weight excluding hydrogens is 388 g/mol. The van der Waals surface area contributed by atoms with Gasteiger partial charge in [0.15, 0.2) is 0 Å². The molecule has 0 saturated carbocycles. The lowest BCUT2D eigenvalue weighted by molar-refractivity contribution is 0.0757. The first-order valence-electron chi connectivity index (χ1n) is 11.7. The average molecular weight is 421 g/mol. The predicted molar refractivity (Wildman–Crippen MR) is 121 cm³/mol. The van der Waals surface area contributed by atoms with E-state index in [0.717, 1.165) is 45.4 Å². The molecule has 2 aromatic carbocycles. The minimum absolute atomic E-state index is 0.111. The molecule has 1 amide bonds. The Hall–Kier alpha value is -2.37. The van der Waals surface area contributed by atoms with Gasteiger partial charge in [0.2, 0.25) is 0 Å². The molecule has 0 aromatic heterocycles. The Kier molecular flexibility index (Phi) is 5.97. The number of carbonyl (C=O) groups is 1. The molecule has 1 N–H and O–H groups in total. The van der Waals surface area contributed by atoms with E-state index >= 15 is 0 Å². The summed E-state index contributed by atoms with van der Waals surface area (Å²) in [5.41, 5.74) is 5.00. The summed E-state index contributed by atoms with van der Waals surface area (Å²) in [4.78, 5) is 17.1. The monoisotopic (exact) mass is 420 g/mol. The van der Waals surface area contributed by atoms with Gasteiger partial charge in [0, 0.05) is 31.6 Å². The number of nitrogens with zero attached hydrogens (tertiary/aromatic N) is 2. The van der Waals surface area contributed by atoms with Gasteiger partial charge in [0.1, 0.15) is 6.61 Å². The topological polar surface area (TPSA) is 53.0 Å². The summed E-state index contributed by atoms with van der Waals surface area (Å²) in [5, 5.41) is 9.54. The summed E-state index contributed by atoms with van der Waals surface area (Å²) in [7, 11) is 0. The van der Waals surface area contributed by atoms with Crippen molar-refractivity contribution < 1.29 is 14.6 Å². The molecule has 164 valence electrons. The van der Waals surface area contributed by atoms with Crippen molar-refractivity contribution in [3.8, 4) is 11.1 Å². The number of aliphatic hydroxyl groups is 1. The van der Waals surface area contributed by atoms with E-state index in [9.17, 15) is 9.90 Å². The lowest BCUT2D eigenvalue weighted by Gasteiger charge is -2.34. The van der Waals surface area contributed by atoms with Crippen LogP contribution >= 0.6 is 0 Å². The highest BCUT2D eigenvalue weighted by Crippen LogP contribution is 2.44. The van der Waals surface area contributed by atoms with Gasteiger partial charge in [0.25, 0.3) is 0 Å². The summed E-state index contributed by atoms with van der Waals surface area (Å²) in [6.45, 7) is 4.32. The maximum atomic E-state index is 12.8. The number of aliphatic hydroxyl groups excluding tert-OH is 1. The molecule has 5 heteroatoms. The average Bonchev–Trinajstić information content (AvgIpc) is 3.40. The molecule has 2 saturated heterocycles. The van der Waals surface area contributed by atoms with Crippen LogP contribution in [0.4, 0.5) is 4.79 Å². The number of carbonyl (C=O) groups excluding carboxylic acids is 1. The van der Waals surface area contributed by atoms with Crippen LogP contribution in [0.1, 0.15) is 42.7 Å². The molecule has 1 aliphatic carbocycles. The third-order valence-corrected chi connectivity index (χ3v) is 7.41. The van der Waals surface area contributed by atoms with Crippen LogP contribution in [0, 0.1) is 5.92 Å². The van der Waals surface area contributed by atoms with Gasteiger partial charge in [-0.1, -0.05) is 48.5 Å². The maximum absolute atomic E-state index is 12.8. The van der Waals surface area contributed by atoms with Crippen LogP contribution in [0.3, 0.4) is 0 Å². The SMILES string of the molecule is O=C(OCC1c2ccccc2-c2ccccc21)N1CCC(CN2CCC[C@@H]2CO)CC1. The molecule has 0 unspecified atom stereocenters. The van der Waals surface area contributed by atoms with Crippen molar-refractivity contribution in [2.75, 3.05) is 39.4 Å². The second kappa shape index (κ2) is 9.01. The number of fused-ring (bicyclic) bond motifs is 3. The molecule has 5 nitrogen and oxygen atoms in total. The van der Waals surface area contributed by atoms with E-state index in [1.165, 1.54) is 28.7 Å². The summed E-state index contributed by atoms with van der Waals surface area (Å²) < 4.78 is 5.83. The van der Waals surface area contributed by atoms with Crippen molar-refractivity contribution in [3.05, 3.63) is 59.7 Å². The first kappa shape index (κ1) is 20.5. The third-order valence-electron chi connectivity index (χ3n) is 7.41. The van der Waals surface area contributed by atoms with Gasteiger partial charge in [-0.05, 0) is 60.4 Å². The molecule has 1 atom stereocenters. The van der Waals surface area contributed by atoms with Crippen LogP contribution in [-0.4, -0.2) is 66.4 Å². The van der Waals surface area contributed by atoms with E-state index in [-0.39, 0.29) is 18.6 Å². The minimum atomic E-state index is -0.185. The fraction of sp³-hybridized carbons (Fsp3) is 0.500. The van der Waals surface area contributed by atoms with Crippen LogP contribution in [0.2, 0.25) is 0 Å². The number of hydrogen-bond acceptors (Lipinski definition) is 4. The van der Waals surface area contributed by atoms with E-state index in [1.54, 1.807) is 0 Å². The smallest absolute Gasteiger partial charge is 0.409 e. The number of likely N-dealkylation sites (tertiary alicyclic amines) is 2. The molecular formula is C26H32N2O3. The van der Waals surface area contributed by atoms with Gasteiger partial charge < -0.3 is 14.7 Å². The van der Waals surface area contributed by atoms with Gasteiger partial charge in [-0.2, -0.15) is 0 Å². The quantitative estimate of drug-likeness (QED) is 0.791. The maximum Gasteiger partial charge on any atom is 0.409 e. The highest BCUT2D eigenvalue weighted by molar-refractivity contribution is 5.79. The Morgan fingerprint density at radius 2 is 1.58 bits per heavy atom. The molecule has 2 heterocycles. The van der Waals surface area contributed by atoms with E-state index < -0.39 is 0 Å². The van der Waals surface area contributed by atoms with Crippen molar-refractivity contribution >= 4 is 6.09 Å². The van der Waals surface area contributed by atoms with E-state index in [0.29, 0.717) is 18.6 Å². The molecule has 3 aliphatic rings. The molecule has 5 rings (SSSR count). The van der Waals surface area contributed by atoms with Crippen molar-refractivity contribution in [2.45, 2.75) is 37.6 Å². The fourth-order valence-electron chi connectivity index (χ4n) is 5.66. The van der Waals surface area contributed by atoms with Gasteiger partial charge in [-0.15, -0.1) is 0 Å². The Labute approximate surface area is 184 Å². The second-order valence-corrected chi connectivity index (χ2v) is 9.21. The Morgan fingerprint density at radius 3 is 2.23 bits per heavy atom. The first-order chi connectivity index (χ1) is 15.2. The van der Waals surface area contributed by atoms with E-state index in [1.807, 2.05) is 4.90 Å². The summed E-state index contributed by atoms with van der Waals surface area (Å²) in [6.07, 6.45) is 4.13. The van der Waals surface area contributed by atoms with Gasteiger partial charge >= 0.3 is 6.09 Å². The van der Waals surface area contributed by atoms with Crippen molar-refractivity contribution in [3.63, 3.8) is 0 Å². The molecule has 0 radical (unpaired) electrons. The highest BCUT2D eigenvalue weighted by Gasteiger charge is 2.32. The van der Waals surface area contributed by atoms with E-state index in [4.69, 9.17) is 4.74 Å². The zero-order valence-electron chi connectivity index (χ0n) is 18.1. The lowest BCUT2D eigenvalue weighted by atomic mass is 9.96. The number of hydrogen-bond donors (Lipinski definition) is 1. The largest absolute Gasteiger partial charge is 0.448 e. The van der Waals surface area contributed by atoms with Crippen molar-refractivity contribution in [2.24, 2.45) is 5.92 Å². The number of amides is 1. The van der Waals surface area contributed by atoms with Crippen molar-refractivity contribution in [1.82, 2.24) is 9.80 Å². The zero-order valence-corrected chi connectivity index (χ0v) is 18.1. The summed E-state index contributed by atoms with van der Waals surface area (Å²) in [5.74, 6) is 0.712. The standard InChI is InChI=1S/C26H32N2O3/c29-17-20-6-5-13-28(20)16-19-11-14-27(15-12-19)26(30)31-18-25-23-9-3-1-7-21(23)22-8-2-4-10-24(22)25/h1-4,7-10,19-20,25,29H,5-6,11-18H2/t20-/m1/s1. The Balaban J connectivity index is 1.15. The molecule has 31 heavy (non-hydrogen) atoms. The minimum Gasteiger partial charge on any atom is -0.448 e. The van der Waals surface area contributed by atoms with Crippen LogP contribution < -0.4 is 0 Å². The Morgan fingerprint density at radius 1 is 0.935 bits per heavy atom. The molecule has 2 aliphatic heterocycles. The lowest BCUT2D eigenvalue weighted by Crippen LogP contribution is -2.43. The molecule has 0 spiro atoms. The Bertz CT molecular complexity index is 877. The second-order valence-electron chi connectivity index (χ2n) is 9.21. The van der Waals surface area contributed by atoms with Crippen LogP contribution in [-0.2, 0) is 4.74 Å². The number of rotatable bonds is 5. The van der Waals surface area contributed by atoms with Crippen LogP contribution in [0.5, 0.6) is 0 Å². The zero-order chi connectivity index (χ0) is 21.2. The molecule has 2 fully saturated rings. The fourth-order valence-corrected chi connectivity index (χ4v) is 5.66. The predicted octanol–water partition coefficient (Wildman–Crippen LogP) is 4.10. The number of ether oxygens (including phenoxy) is 1. The normalized spacial score (nSPS) is 21.8. The summed E-state index contributed by atoms with van der Waals surface area (Å²) in [6, 6.07) is 17.2. The number of piperidine rings is 1. The van der Waals surface area contributed by atoms with Gasteiger partial charge in [-0.3, -0.25) is 4.90 Å². The van der Waals surface area contributed by atoms with Gasteiger partial charge in [0.05, 0.1) is 6.61 Å². The molecule has 2 aromatic rings. The van der Waals surface area contributed by atoms with E-state index in [2.05, 4.69) is 53.4 Å². The molecule has 0 bridgehead atoms. The van der Waals surface area contributed by atoms with Crippen LogP contribution in [0.25, 0.3) is 11.1 Å². The van der Waals surface area contributed by atoms with Gasteiger partial charge in [-0.25, -0.2) is 4.79 Å². The first-order valence-corrected chi connectivity index (χ1v) is 11.7.